The van der Waals surface area contributed by atoms with Crippen LogP contribution in [0.25, 0.3) is 0 Å². The van der Waals surface area contributed by atoms with Gasteiger partial charge in [-0.1, -0.05) is 19.9 Å². The molecule has 2 aliphatic rings. The minimum Gasteiger partial charge on any atom is -0.468 e. The van der Waals surface area contributed by atoms with Crippen molar-refractivity contribution in [3.8, 4) is 0 Å². The van der Waals surface area contributed by atoms with E-state index < -0.39 is 11.8 Å². The molecule has 2 N–H and O–H groups in total. The molecule has 5 rings (SSSR count). The van der Waals surface area contributed by atoms with Crippen molar-refractivity contribution in [3.63, 3.8) is 0 Å². The van der Waals surface area contributed by atoms with Gasteiger partial charge in [-0.3, -0.25) is 19.3 Å². The number of nitrogens with zero attached hydrogens (tertiary/aromatic N) is 3. The van der Waals surface area contributed by atoms with Gasteiger partial charge < -0.3 is 24.9 Å². The molecule has 2 aliphatic heterocycles. The molecule has 1 unspecified atom stereocenters. The fraction of sp³-hybridized carbons (Fsp3) is 0.387. The molecular weight excluding hydrogens is 525 g/mol. The van der Waals surface area contributed by atoms with Crippen LogP contribution in [0.2, 0.25) is 0 Å². The van der Waals surface area contributed by atoms with Crippen LogP contribution in [-0.4, -0.2) is 61.9 Å². The van der Waals surface area contributed by atoms with Crippen molar-refractivity contribution in [1.82, 2.24) is 10.2 Å². The van der Waals surface area contributed by atoms with E-state index in [0.29, 0.717) is 31.1 Å². The van der Waals surface area contributed by atoms with Gasteiger partial charge in [0.1, 0.15) is 11.6 Å². The van der Waals surface area contributed by atoms with Gasteiger partial charge in [0.2, 0.25) is 5.91 Å². The molecule has 1 atom stereocenters. The van der Waals surface area contributed by atoms with Crippen molar-refractivity contribution in [1.29, 1.82) is 0 Å². The molecule has 1 fully saturated rings. The monoisotopic (exact) mass is 561 g/mol. The molecular formula is C31H36FN5O4. The van der Waals surface area contributed by atoms with Crippen molar-refractivity contribution in [2.45, 2.75) is 32.7 Å². The number of hydrogen-bond donors (Lipinski definition) is 2. The number of carbonyl (C=O) groups excluding carboxylic acids is 3. The van der Waals surface area contributed by atoms with Crippen molar-refractivity contribution < 1.29 is 23.2 Å². The lowest BCUT2D eigenvalue weighted by Gasteiger charge is -2.39. The number of anilines is 3. The summed E-state index contributed by atoms with van der Waals surface area (Å²) in [5.41, 5.74) is 3.26. The molecule has 10 heteroatoms. The number of benzene rings is 2. The van der Waals surface area contributed by atoms with E-state index >= 15 is 0 Å². The summed E-state index contributed by atoms with van der Waals surface area (Å²) < 4.78 is 19.0. The van der Waals surface area contributed by atoms with Crippen LogP contribution >= 0.6 is 0 Å². The predicted molar refractivity (Wildman–Crippen MR) is 155 cm³/mol. The molecule has 0 radical (unpaired) electrons. The first-order valence-electron chi connectivity index (χ1n) is 14.1. The summed E-state index contributed by atoms with van der Waals surface area (Å²) in [5, 5.41) is 5.46. The average molecular weight is 562 g/mol. The van der Waals surface area contributed by atoms with Gasteiger partial charge in [-0.2, -0.15) is 0 Å². The summed E-state index contributed by atoms with van der Waals surface area (Å²) in [6.07, 6.45) is 3.34. The van der Waals surface area contributed by atoms with E-state index in [1.165, 1.54) is 12.1 Å². The van der Waals surface area contributed by atoms with E-state index in [1.54, 1.807) is 41.5 Å². The van der Waals surface area contributed by atoms with Gasteiger partial charge in [-0.25, -0.2) is 4.39 Å². The molecule has 2 aromatic carbocycles. The van der Waals surface area contributed by atoms with Crippen LogP contribution in [0.15, 0.2) is 65.3 Å². The van der Waals surface area contributed by atoms with Crippen LogP contribution in [0.4, 0.5) is 21.5 Å². The van der Waals surface area contributed by atoms with E-state index in [4.69, 9.17) is 4.42 Å². The third kappa shape index (κ3) is 6.59. The highest BCUT2D eigenvalue weighted by Crippen LogP contribution is 2.31. The van der Waals surface area contributed by atoms with Crippen molar-refractivity contribution in [3.05, 3.63) is 78.0 Å². The van der Waals surface area contributed by atoms with E-state index in [9.17, 15) is 18.8 Å². The molecule has 1 saturated heterocycles. The van der Waals surface area contributed by atoms with Crippen LogP contribution in [-0.2, 0) is 20.8 Å². The number of piperazine rings is 1. The number of nitrogens with one attached hydrogen (secondary N) is 2. The van der Waals surface area contributed by atoms with Crippen LogP contribution < -0.4 is 20.4 Å². The highest BCUT2D eigenvalue weighted by molar-refractivity contribution is 6.39. The minimum atomic E-state index is -0.776. The van der Waals surface area contributed by atoms with E-state index in [0.717, 1.165) is 42.9 Å². The van der Waals surface area contributed by atoms with Gasteiger partial charge in [-0.15, -0.1) is 0 Å². The second-order valence-corrected chi connectivity index (χ2v) is 10.8. The van der Waals surface area contributed by atoms with Gasteiger partial charge in [0.05, 0.1) is 12.3 Å². The van der Waals surface area contributed by atoms with E-state index in [-0.39, 0.29) is 30.2 Å². The zero-order valence-corrected chi connectivity index (χ0v) is 23.4. The maximum Gasteiger partial charge on any atom is 0.313 e. The largest absolute Gasteiger partial charge is 0.468 e. The van der Waals surface area contributed by atoms with Gasteiger partial charge in [0.25, 0.3) is 0 Å². The summed E-state index contributed by atoms with van der Waals surface area (Å²) in [7, 11) is 0. The van der Waals surface area contributed by atoms with Crippen LogP contribution in [0, 0.1) is 11.7 Å². The Labute approximate surface area is 239 Å². The van der Waals surface area contributed by atoms with Gasteiger partial charge in [-0.05, 0) is 66.9 Å². The van der Waals surface area contributed by atoms with Crippen molar-refractivity contribution in [2.75, 3.05) is 54.4 Å². The Balaban J connectivity index is 1.20. The molecule has 41 heavy (non-hydrogen) atoms. The van der Waals surface area contributed by atoms with Crippen molar-refractivity contribution >= 4 is 34.8 Å². The SMILES string of the molecule is CC(C)C(=O)N1CCCc2ccc(NC(=O)C(=O)NCC(c3ccco3)N3CCN(c4ccc(F)cc4)CC3)cc21. The number of fused-ring (bicyclic) bond motifs is 1. The smallest absolute Gasteiger partial charge is 0.313 e. The van der Waals surface area contributed by atoms with Gasteiger partial charge in [0, 0.05) is 62.2 Å². The first-order chi connectivity index (χ1) is 19.8. The number of rotatable bonds is 7. The molecule has 9 nitrogen and oxygen atoms in total. The Morgan fingerprint density at radius 2 is 1.71 bits per heavy atom. The lowest BCUT2D eigenvalue weighted by molar-refractivity contribution is -0.136. The zero-order valence-electron chi connectivity index (χ0n) is 23.4. The van der Waals surface area contributed by atoms with E-state index in [1.807, 2.05) is 26.0 Å². The maximum absolute atomic E-state index is 13.3. The first kappa shape index (κ1) is 28.4. The summed E-state index contributed by atoms with van der Waals surface area (Å²) in [4.78, 5) is 44.6. The highest BCUT2D eigenvalue weighted by Gasteiger charge is 2.29. The minimum absolute atomic E-state index is 0.0367. The number of furan rings is 1. The summed E-state index contributed by atoms with van der Waals surface area (Å²) in [6.45, 7) is 7.42. The second-order valence-electron chi connectivity index (χ2n) is 10.8. The first-order valence-corrected chi connectivity index (χ1v) is 14.1. The fourth-order valence-corrected chi connectivity index (χ4v) is 5.48. The summed E-state index contributed by atoms with van der Waals surface area (Å²) in [6, 6.07) is 15.3. The third-order valence-corrected chi connectivity index (χ3v) is 7.70. The molecule has 0 bridgehead atoms. The molecule has 3 amide bonds. The number of amides is 3. The molecule has 216 valence electrons. The second kappa shape index (κ2) is 12.6. The molecule has 0 saturated carbocycles. The normalized spacial score (nSPS) is 16.3. The summed E-state index contributed by atoms with van der Waals surface area (Å²) in [5.74, 6) is -1.20. The average Bonchev–Trinajstić information content (AvgIpc) is 3.52. The fourth-order valence-electron chi connectivity index (χ4n) is 5.48. The molecule has 3 heterocycles. The topological polar surface area (TPSA) is 98.1 Å². The van der Waals surface area contributed by atoms with Crippen LogP contribution in [0.1, 0.15) is 37.6 Å². The number of carbonyl (C=O) groups is 3. The molecule has 0 aliphatic carbocycles. The van der Waals surface area contributed by atoms with Crippen molar-refractivity contribution in [2.24, 2.45) is 5.92 Å². The Kier molecular flexibility index (Phi) is 8.68. The Bertz CT molecular complexity index is 1370. The van der Waals surface area contributed by atoms with Crippen LogP contribution in [0.5, 0.6) is 0 Å². The summed E-state index contributed by atoms with van der Waals surface area (Å²) >= 11 is 0. The van der Waals surface area contributed by atoms with Gasteiger partial charge in [0.15, 0.2) is 0 Å². The lowest BCUT2D eigenvalue weighted by atomic mass is 9.99. The lowest BCUT2D eigenvalue weighted by Crippen LogP contribution is -2.50. The standard InChI is InChI=1S/C31H36FN5O4/c1-21(2)31(40)37-13-3-5-22-7-10-24(19-26(22)37)34-30(39)29(38)33-20-27(28-6-4-18-41-28)36-16-14-35(15-17-36)25-11-8-23(32)9-12-25/h4,6-12,18-19,21,27H,3,5,13-17,20H2,1-2H3,(H,33,38)(H,34,39). The Morgan fingerprint density at radius 1 is 0.951 bits per heavy atom. The Morgan fingerprint density at radius 3 is 2.39 bits per heavy atom. The zero-order chi connectivity index (χ0) is 28.9. The Hall–Kier alpha value is -4.18. The van der Waals surface area contributed by atoms with E-state index in [2.05, 4.69) is 20.4 Å². The van der Waals surface area contributed by atoms with Crippen LogP contribution in [0.3, 0.4) is 0 Å². The molecule has 3 aromatic rings. The number of aryl methyl sites for hydroxylation is 1. The predicted octanol–water partition coefficient (Wildman–Crippen LogP) is 3.97. The highest BCUT2D eigenvalue weighted by atomic mass is 19.1. The quantitative estimate of drug-likeness (QED) is 0.424. The third-order valence-electron chi connectivity index (χ3n) is 7.70. The maximum atomic E-state index is 13.3. The van der Waals surface area contributed by atoms with Gasteiger partial charge >= 0.3 is 11.8 Å². The number of hydrogen-bond acceptors (Lipinski definition) is 6. The molecule has 0 spiro atoms. The molecule has 1 aromatic heterocycles. The number of halogens is 1.